The van der Waals surface area contributed by atoms with Crippen LogP contribution in [0.1, 0.15) is 18.2 Å². The molecule has 19 heavy (non-hydrogen) atoms. The van der Waals surface area contributed by atoms with Gasteiger partial charge in [0.05, 0.1) is 5.69 Å². The molecule has 0 fully saturated rings. The van der Waals surface area contributed by atoms with Gasteiger partial charge in [-0.15, -0.1) is 0 Å². The topological polar surface area (TPSA) is 25.8 Å². The third-order valence-corrected chi connectivity index (χ3v) is 2.82. The molecule has 0 bridgehead atoms. The number of halogens is 4. The molecule has 0 unspecified atom stereocenters. The van der Waals surface area contributed by atoms with Gasteiger partial charge in [-0.05, 0) is 29.7 Å². The maximum Gasteiger partial charge on any atom is 0.433 e. The average Bonchev–Trinajstić information content (AvgIpc) is 2.37. The fourth-order valence-electron chi connectivity index (χ4n) is 1.62. The molecule has 0 aliphatic heterocycles. The number of benzene rings is 1. The molecule has 0 aliphatic carbocycles. The second-order valence-electron chi connectivity index (χ2n) is 3.96. The van der Waals surface area contributed by atoms with Crippen molar-refractivity contribution in [2.24, 2.45) is 0 Å². The maximum atomic E-state index is 12.6. The maximum absolute atomic E-state index is 12.6. The van der Waals surface area contributed by atoms with E-state index in [1.807, 2.05) is 19.1 Å². The summed E-state index contributed by atoms with van der Waals surface area (Å²) in [6, 6.07) is 8.03. The van der Waals surface area contributed by atoms with Gasteiger partial charge in [0, 0.05) is 5.56 Å². The van der Waals surface area contributed by atoms with Gasteiger partial charge in [-0.25, -0.2) is 9.97 Å². The third-order valence-electron chi connectivity index (χ3n) is 2.65. The first-order valence-electron chi connectivity index (χ1n) is 5.61. The van der Waals surface area contributed by atoms with Crippen LogP contribution in [0.2, 0.25) is 5.28 Å². The molecule has 0 saturated heterocycles. The van der Waals surface area contributed by atoms with E-state index in [0.29, 0.717) is 5.56 Å². The monoisotopic (exact) mass is 286 g/mol. The Hall–Kier alpha value is -1.62. The predicted octanol–water partition coefficient (Wildman–Crippen LogP) is 4.38. The molecule has 2 nitrogen and oxygen atoms in total. The Morgan fingerprint density at radius 3 is 2.26 bits per heavy atom. The summed E-state index contributed by atoms with van der Waals surface area (Å²) in [6.45, 7) is 2.00. The number of nitrogens with zero attached hydrogens (tertiary/aromatic N) is 2. The lowest BCUT2D eigenvalue weighted by Crippen LogP contribution is -2.09. The van der Waals surface area contributed by atoms with Gasteiger partial charge >= 0.3 is 6.18 Å². The molecule has 6 heteroatoms. The Morgan fingerprint density at radius 1 is 1.11 bits per heavy atom. The SMILES string of the molecule is CCc1ccc(-c2cc(C(F)(F)F)nc(Cl)n2)cc1. The second kappa shape index (κ2) is 5.17. The van der Waals surface area contributed by atoms with E-state index in [0.717, 1.165) is 18.1 Å². The van der Waals surface area contributed by atoms with Crippen LogP contribution in [0.3, 0.4) is 0 Å². The molecule has 1 aromatic carbocycles. The molecule has 0 radical (unpaired) electrons. The summed E-state index contributed by atoms with van der Waals surface area (Å²) in [5.41, 5.74) is 0.795. The van der Waals surface area contributed by atoms with Crippen molar-refractivity contribution in [3.63, 3.8) is 0 Å². The molecular weight excluding hydrogens is 277 g/mol. The van der Waals surface area contributed by atoms with E-state index in [9.17, 15) is 13.2 Å². The van der Waals surface area contributed by atoms with Gasteiger partial charge in [0.2, 0.25) is 5.28 Å². The third kappa shape index (κ3) is 3.23. The lowest BCUT2D eigenvalue weighted by Gasteiger charge is -2.08. The normalized spacial score (nSPS) is 11.6. The van der Waals surface area contributed by atoms with Crippen molar-refractivity contribution < 1.29 is 13.2 Å². The van der Waals surface area contributed by atoms with Gasteiger partial charge < -0.3 is 0 Å². The van der Waals surface area contributed by atoms with E-state index in [2.05, 4.69) is 9.97 Å². The van der Waals surface area contributed by atoms with Crippen molar-refractivity contribution in [1.29, 1.82) is 0 Å². The van der Waals surface area contributed by atoms with E-state index in [1.165, 1.54) is 0 Å². The molecule has 100 valence electrons. The summed E-state index contributed by atoms with van der Waals surface area (Å²) < 4.78 is 37.9. The van der Waals surface area contributed by atoms with Crippen LogP contribution in [0.5, 0.6) is 0 Å². The summed E-state index contributed by atoms with van der Waals surface area (Å²) >= 11 is 5.54. The second-order valence-corrected chi connectivity index (χ2v) is 4.29. The number of alkyl halides is 3. The number of hydrogen-bond acceptors (Lipinski definition) is 2. The van der Waals surface area contributed by atoms with Crippen LogP contribution < -0.4 is 0 Å². The Bertz CT molecular complexity index is 579. The van der Waals surface area contributed by atoms with E-state index in [4.69, 9.17) is 11.6 Å². The van der Waals surface area contributed by atoms with Crippen LogP contribution in [0.15, 0.2) is 30.3 Å². The summed E-state index contributed by atoms with van der Waals surface area (Å²) in [7, 11) is 0. The lowest BCUT2D eigenvalue weighted by atomic mass is 10.1. The van der Waals surface area contributed by atoms with Gasteiger partial charge in [0.15, 0.2) is 0 Å². The first kappa shape index (κ1) is 13.8. The smallest absolute Gasteiger partial charge is 0.218 e. The van der Waals surface area contributed by atoms with Crippen molar-refractivity contribution in [3.05, 3.63) is 46.9 Å². The van der Waals surface area contributed by atoms with Crippen LogP contribution in [-0.2, 0) is 12.6 Å². The zero-order chi connectivity index (χ0) is 14.0. The average molecular weight is 287 g/mol. The first-order chi connectivity index (χ1) is 8.90. The Kier molecular flexibility index (Phi) is 3.75. The first-order valence-corrected chi connectivity index (χ1v) is 5.99. The van der Waals surface area contributed by atoms with Crippen LogP contribution >= 0.6 is 11.6 Å². The van der Waals surface area contributed by atoms with Crippen molar-refractivity contribution in [2.75, 3.05) is 0 Å². The highest BCUT2D eigenvalue weighted by Crippen LogP contribution is 2.31. The highest BCUT2D eigenvalue weighted by molar-refractivity contribution is 6.28. The van der Waals surface area contributed by atoms with E-state index < -0.39 is 17.2 Å². The van der Waals surface area contributed by atoms with Crippen LogP contribution in [-0.4, -0.2) is 9.97 Å². The molecule has 2 aromatic rings. The minimum Gasteiger partial charge on any atom is -0.218 e. The van der Waals surface area contributed by atoms with Crippen LogP contribution in [0, 0.1) is 0 Å². The van der Waals surface area contributed by atoms with Crippen LogP contribution in [0.25, 0.3) is 11.3 Å². The summed E-state index contributed by atoms with van der Waals surface area (Å²) in [5, 5.41) is -0.413. The van der Waals surface area contributed by atoms with Gasteiger partial charge in [0.25, 0.3) is 0 Å². The Balaban J connectivity index is 2.46. The summed E-state index contributed by atoms with van der Waals surface area (Å²) in [4.78, 5) is 7.02. The summed E-state index contributed by atoms with van der Waals surface area (Å²) in [6.07, 6.45) is -3.68. The van der Waals surface area contributed by atoms with Gasteiger partial charge in [-0.2, -0.15) is 13.2 Å². The fourth-order valence-corrected chi connectivity index (χ4v) is 1.80. The number of aromatic nitrogens is 2. The number of hydrogen-bond donors (Lipinski definition) is 0. The molecule has 0 atom stereocenters. The molecular formula is C13H10ClF3N2. The molecule has 1 aromatic heterocycles. The lowest BCUT2D eigenvalue weighted by molar-refractivity contribution is -0.141. The largest absolute Gasteiger partial charge is 0.433 e. The standard InChI is InChI=1S/C13H10ClF3N2/c1-2-8-3-5-9(6-4-8)10-7-11(13(15,16)17)19-12(14)18-10/h3-7H,2H2,1H3. The van der Waals surface area contributed by atoms with Crippen molar-refractivity contribution in [3.8, 4) is 11.3 Å². The van der Waals surface area contributed by atoms with Gasteiger partial charge in [-0.1, -0.05) is 31.2 Å². The minimum atomic E-state index is -4.54. The number of rotatable bonds is 2. The molecule has 0 saturated carbocycles. The number of aryl methyl sites for hydroxylation is 1. The molecule has 2 rings (SSSR count). The van der Waals surface area contributed by atoms with E-state index in [-0.39, 0.29) is 5.69 Å². The highest BCUT2D eigenvalue weighted by Gasteiger charge is 2.33. The molecule has 1 heterocycles. The highest BCUT2D eigenvalue weighted by atomic mass is 35.5. The Morgan fingerprint density at radius 2 is 1.74 bits per heavy atom. The van der Waals surface area contributed by atoms with Crippen LogP contribution in [0.4, 0.5) is 13.2 Å². The zero-order valence-corrected chi connectivity index (χ0v) is 10.8. The zero-order valence-electron chi connectivity index (χ0n) is 10.0. The molecule has 0 spiro atoms. The molecule has 0 N–H and O–H groups in total. The quantitative estimate of drug-likeness (QED) is 0.766. The Labute approximate surface area is 113 Å². The van der Waals surface area contributed by atoms with Gasteiger partial charge in [0.1, 0.15) is 5.69 Å². The van der Waals surface area contributed by atoms with E-state index >= 15 is 0 Å². The van der Waals surface area contributed by atoms with E-state index in [1.54, 1.807) is 12.1 Å². The summed E-state index contributed by atoms with van der Waals surface area (Å²) in [5.74, 6) is 0. The molecule has 0 aliphatic rings. The predicted molar refractivity (Wildman–Crippen MR) is 66.9 cm³/mol. The fraction of sp³-hybridized carbons (Fsp3) is 0.231. The van der Waals surface area contributed by atoms with Crippen molar-refractivity contribution in [2.45, 2.75) is 19.5 Å². The van der Waals surface area contributed by atoms with Crippen molar-refractivity contribution in [1.82, 2.24) is 9.97 Å². The van der Waals surface area contributed by atoms with Crippen molar-refractivity contribution >= 4 is 11.6 Å². The van der Waals surface area contributed by atoms with Gasteiger partial charge in [-0.3, -0.25) is 0 Å². The molecule has 0 amide bonds. The minimum absolute atomic E-state index is 0.162.